The average Bonchev–Trinajstić information content (AvgIpc) is 3.59. The Balaban J connectivity index is 1.43. The standard InChI is InChI=1S/C25H25ClN4O5S3/c1-34-18-5-6-19(35-2)23-22(18)28-25(37-23)30(15-16-4-3-11-27-14-16)24(31)17-9-12-29(13-10-17)38(32,33)21-8-7-20(26)36-21/h3-8,11,14,17H,9-10,12-13,15H2,1-2H3. The highest BCUT2D eigenvalue weighted by atomic mass is 35.5. The van der Waals surface area contributed by atoms with Crippen LogP contribution in [-0.2, 0) is 21.4 Å². The third kappa shape index (κ3) is 5.23. The summed E-state index contributed by atoms with van der Waals surface area (Å²) in [6, 6.07) is 10.4. The van der Waals surface area contributed by atoms with E-state index < -0.39 is 10.0 Å². The van der Waals surface area contributed by atoms with Gasteiger partial charge in [-0.15, -0.1) is 11.3 Å². The van der Waals surface area contributed by atoms with Crippen LogP contribution in [0, 0.1) is 5.92 Å². The minimum absolute atomic E-state index is 0.109. The molecule has 1 fully saturated rings. The van der Waals surface area contributed by atoms with Gasteiger partial charge in [-0.3, -0.25) is 14.7 Å². The van der Waals surface area contributed by atoms with Gasteiger partial charge in [-0.05, 0) is 48.7 Å². The van der Waals surface area contributed by atoms with Crippen molar-refractivity contribution in [1.82, 2.24) is 14.3 Å². The van der Waals surface area contributed by atoms with Crippen molar-refractivity contribution in [2.24, 2.45) is 5.92 Å². The Morgan fingerprint density at radius 3 is 2.47 bits per heavy atom. The maximum absolute atomic E-state index is 13.9. The number of pyridine rings is 1. The van der Waals surface area contributed by atoms with Gasteiger partial charge in [0.05, 0.1) is 25.1 Å². The number of thiazole rings is 1. The maximum Gasteiger partial charge on any atom is 0.252 e. The zero-order chi connectivity index (χ0) is 26.9. The molecule has 0 atom stereocenters. The van der Waals surface area contributed by atoms with E-state index in [0.29, 0.717) is 39.3 Å². The molecule has 5 rings (SSSR count). The highest BCUT2D eigenvalue weighted by molar-refractivity contribution is 7.91. The van der Waals surface area contributed by atoms with Gasteiger partial charge >= 0.3 is 0 Å². The molecule has 13 heteroatoms. The Morgan fingerprint density at radius 1 is 1.11 bits per heavy atom. The summed E-state index contributed by atoms with van der Waals surface area (Å²) in [6.45, 7) is 0.774. The van der Waals surface area contributed by atoms with E-state index in [1.807, 2.05) is 18.2 Å². The molecule has 1 aliphatic rings. The van der Waals surface area contributed by atoms with Crippen molar-refractivity contribution in [3.63, 3.8) is 0 Å². The lowest BCUT2D eigenvalue weighted by atomic mass is 9.96. The van der Waals surface area contributed by atoms with Gasteiger partial charge in [-0.25, -0.2) is 13.4 Å². The van der Waals surface area contributed by atoms with Crippen LogP contribution < -0.4 is 14.4 Å². The van der Waals surface area contributed by atoms with Crippen molar-refractivity contribution >= 4 is 65.6 Å². The van der Waals surface area contributed by atoms with Crippen LogP contribution >= 0.6 is 34.3 Å². The number of ether oxygens (including phenoxy) is 2. The van der Waals surface area contributed by atoms with Gasteiger partial charge in [0.1, 0.15) is 25.9 Å². The number of hydrogen-bond acceptors (Lipinski definition) is 9. The fraction of sp³-hybridized carbons (Fsp3) is 0.320. The summed E-state index contributed by atoms with van der Waals surface area (Å²) in [6.07, 6.45) is 4.20. The van der Waals surface area contributed by atoms with E-state index in [1.54, 1.807) is 43.6 Å². The number of hydrogen-bond donors (Lipinski definition) is 0. The van der Waals surface area contributed by atoms with Crippen LogP contribution in [0.25, 0.3) is 10.2 Å². The molecule has 0 bridgehead atoms. The number of methoxy groups -OCH3 is 2. The van der Waals surface area contributed by atoms with Crippen LogP contribution in [0.1, 0.15) is 18.4 Å². The summed E-state index contributed by atoms with van der Waals surface area (Å²) >= 11 is 8.34. The zero-order valence-electron chi connectivity index (χ0n) is 20.7. The Bertz CT molecular complexity index is 1510. The summed E-state index contributed by atoms with van der Waals surface area (Å²) in [7, 11) is -0.485. The van der Waals surface area contributed by atoms with Crippen LogP contribution in [0.5, 0.6) is 11.5 Å². The van der Waals surface area contributed by atoms with E-state index >= 15 is 0 Å². The molecular formula is C25H25ClN4O5S3. The molecule has 38 heavy (non-hydrogen) atoms. The Labute approximate surface area is 233 Å². The smallest absolute Gasteiger partial charge is 0.252 e. The summed E-state index contributed by atoms with van der Waals surface area (Å²) in [4.78, 5) is 24.6. The van der Waals surface area contributed by atoms with Crippen molar-refractivity contribution in [2.75, 3.05) is 32.2 Å². The second kappa shape index (κ2) is 11.1. The second-order valence-electron chi connectivity index (χ2n) is 8.67. The van der Waals surface area contributed by atoms with Crippen molar-refractivity contribution < 1.29 is 22.7 Å². The summed E-state index contributed by atoms with van der Waals surface area (Å²) in [5.74, 6) is 0.762. The molecule has 4 heterocycles. The van der Waals surface area contributed by atoms with Crippen molar-refractivity contribution in [3.8, 4) is 11.5 Å². The van der Waals surface area contributed by atoms with Crippen LogP contribution in [0.2, 0.25) is 4.34 Å². The van der Waals surface area contributed by atoms with Gasteiger partial charge in [0, 0.05) is 31.4 Å². The van der Waals surface area contributed by atoms with Gasteiger partial charge in [0.25, 0.3) is 10.0 Å². The number of thiophene rings is 1. The number of fused-ring (bicyclic) bond motifs is 1. The molecule has 0 spiro atoms. The number of anilines is 1. The Kier molecular flexibility index (Phi) is 7.87. The molecule has 0 saturated carbocycles. The number of piperidine rings is 1. The number of aromatic nitrogens is 2. The predicted octanol–water partition coefficient (Wildman–Crippen LogP) is 5.06. The lowest BCUT2D eigenvalue weighted by Gasteiger charge is -2.32. The van der Waals surface area contributed by atoms with Gasteiger partial charge in [-0.1, -0.05) is 29.0 Å². The number of rotatable bonds is 8. The highest BCUT2D eigenvalue weighted by Crippen LogP contribution is 2.41. The number of carbonyl (C=O) groups excluding carboxylic acids is 1. The number of nitrogens with zero attached hydrogens (tertiary/aromatic N) is 4. The van der Waals surface area contributed by atoms with E-state index in [9.17, 15) is 13.2 Å². The monoisotopic (exact) mass is 592 g/mol. The molecule has 0 unspecified atom stereocenters. The van der Waals surface area contributed by atoms with Crippen LogP contribution in [0.3, 0.4) is 0 Å². The summed E-state index contributed by atoms with van der Waals surface area (Å²) in [5, 5.41) is 0.514. The number of carbonyl (C=O) groups is 1. The predicted molar refractivity (Wildman–Crippen MR) is 149 cm³/mol. The van der Waals surface area contributed by atoms with Crippen LogP contribution in [-0.4, -0.2) is 55.9 Å². The first-order chi connectivity index (χ1) is 18.3. The normalized spacial score (nSPS) is 15.0. The minimum atomic E-state index is -3.65. The fourth-order valence-electron chi connectivity index (χ4n) is 4.43. The molecule has 0 radical (unpaired) electrons. The lowest BCUT2D eigenvalue weighted by molar-refractivity contribution is -0.123. The van der Waals surface area contributed by atoms with Gasteiger partial charge in [0.2, 0.25) is 5.91 Å². The maximum atomic E-state index is 13.9. The van der Waals surface area contributed by atoms with Crippen molar-refractivity contribution in [3.05, 3.63) is 58.7 Å². The average molecular weight is 593 g/mol. The number of sulfonamides is 1. The molecule has 9 nitrogen and oxygen atoms in total. The van der Waals surface area contributed by atoms with E-state index in [4.69, 9.17) is 26.1 Å². The largest absolute Gasteiger partial charge is 0.495 e. The zero-order valence-corrected chi connectivity index (χ0v) is 23.9. The number of halogens is 1. The van der Waals surface area contributed by atoms with E-state index in [1.165, 1.54) is 21.7 Å². The lowest BCUT2D eigenvalue weighted by Crippen LogP contribution is -2.44. The number of benzene rings is 1. The molecule has 1 amide bonds. The molecule has 1 aliphatic heterocycles. The Hall–Kier alpha value is -2.77. The van der Waals surface area contributed by atoms with Gasteiger partial charge in [-0.2, -0.15) is 4.31 Å². The second-order valence-corrected chi connectivity index (χ2v) is 13.5. The molecule has 1 aromatic carbocycles. The molecule has 0 N–H and O–H groups in total. The third-order valence-corrected chi connectivity index (χ3v) is 11.1. The van der Waals surface area contributed by atoms with Crippen LogP contribution in [0.15, 0.2) is 53.0 Å². The van der Waals surface area contributed by atoms with E-state index in [2.05, 4.69) is 4.98 Å². The minimum Gasteiger partial charge on any atom is -0.495 e. The van der Waals surface area contributed by atoms with E-state index in [0.717, 1.165) is 21.6 Å². The molecule has 200 valence electrons. The van der Waals surface area contributed by atoms with Gasteiger partial charge < -0.3 is 9.47 Å². The fourth-order valence-corrected chi connectivity index (χ4v) is 8.62. The molecule has 1 saturated heterocycles. The first-order valence-electron chi connectivity index (χ1n) is 11.8. The molecule has 4 aromatic rings. The molecule has 3 aromatic heterocycles. The third-order valence-electron chi connectivity index (χ3n) is 6.41. The number of amides is 1. The molecule has 0 aliphatic carbocycles. The first kappa shape index (κ1) is 26.8. The first-order valence-corrected chi connectivity index (χ1v) is 15.2. The Morgan fingerprint density at radius 2 is 1.84 bits per heavy atom. The van der Waals surface area contributed by atoms with Crippen molar-refractivity contribution in [2.45, 2.75) is 23.6 Å². The molecular weight excluding hydrogens is 568 g/mol. The van der Waals surface area contributed by atoms with Gasteiger partial charge in [0.15, 0.2) is 5.13 Å². The highest BCUT2D eigenvalue weighted by Gasteiger charge is 2.36. The summed E-state index contributed by atoms with van der Waals surface area (Å²) < 4.78 is 39.9. The SMILES string of the molecule is COc1ccc(OC)c2sc(N(Cc3cccnc3)C(=O)C3CCN(S(=O)(=O)c4ccc(Cl)s4)CC3)nc12. The quantitative estimate of drug-likeness (QED) is 0.282. The topological polar surface area (TPSA) is 102 Å². The van der Waals surface area contributed by atoms with E-state index in [-0.39, 0.29) is 35.7 Å². The van der Waals surface area contributed by atoms with Crippen LogP contribution in [0.4, 0.5) is 5.13 Å². The summed E-state index contributed by atoms with van der Waals surface area (Å²) in [5.41, 5.74) is 1.47. The van der Waals surface area contributed by atoms with Crippen molar-refractivity contribution in [1.29, 1.82) is 0 Å².